The average molecular weight is 678 g/mol. The van der Waals surface area contributed by atoms with Crippen LogP contribution in [0.3, 0.4) is 0 Å². The van der Waals surface area contributed by atoms with Gasteiger partial charge in [0.05, 0.1) is 0 Å². The van der Waals surface area contributed by atoms with Gasteiger partial charge >= 0.3 is 0 Å². The molecule has 0 fully saturated rings. The summed E-state index contributed by atoms with van der Waals surface area (Å²) in [5.41, 5.74) is 10.5. The van der Waals surface area contributed by atoms with Crippen LogP contribution in [0.15, 0.2) is 174 Å². The van der Waals surface area contributed by atoms with Crippen LogP contribution in [0.25, 0.3) is 88.8 Å². The number of furan rings is 1. The fraction of sp³-hybridized carbons (Fsp3) is 0.0408. The van der Waals surface area contributed by atoms with E-state index in [0.717, 1.165) is 49.4 Å². The van der Waals surface area contributed by atoms with Gasteiger partial charge in [-0.1, -0.05) is 140 Å². The number of benzene rings is 8. The second-order valence-electron chi connectivity index (χ2n) is 14.1. The topological polar surface area (TPSA) is 51.8 Å². The molecule has 0 saturated heterocycles. The minimum atomic E-state index is -0.285. The Morgan fingerprint density at radius 2 is 1.04 bits per heavy atom. The van der Waals surface area contributed by atoms with Crippen LogP contribution in [0.5, 0.6) is 0 Å². The molecular formula is C49H31N3O. The first-order chi connectivity index (χ1) is 26.1. The molecule has 4 nitrogen and oxygen atoms in total. The molecule has 0 saturated carbocycles. The lowest BCUT2D eigenvalue weighted by Crippen LogP contribution is -2.22. The average Bonchev–Trinajstić information content (AvgIpc) is 3.72. The smallest absolute Gasteiger partial charge is 0.164 e. The van der Waals surface area contributed by atoms with Crippen LogP contribution in [-0.4, -0.2) is 15.0 Å². The summed E-state index contributed by atoms with van der Waals surface area (Å²) in [4.78, 5) is 15.3. The van der Waals surface area contributed by atoms with Crippen molar-refractivity contribution >= 4 is 43.5 Å². The molecular weight excluding hydrogens is 647 g/mol. The SMILES string of the molecule is CC1(c2ccccc2)c2ccccc2-c2cc3oc4cc(-c5nc(-c6ccccc6)nc(-c6cc7ccccc7c7ccccc67)n5)ccc4c3cc21. The maximum absolute atomic E-state index is 6.69. The lowest BCUT2D eigenvalue weighted by molar-refractivity contribution is 0.668. The van der Waals surface area contributed by atoms with Crippen molar-refractivity contribution in [3.05, 3.63) is 187 Å². The number of fused-ring (bicyclic) bond motifs is 9. The Balaban J connectivity index is 1.11. The summed E-state index contributed by atoms with van der Waals surface area (Å²) in [5, 5.41) is 6.79. The van der Waals surface area contributed by atoms with Crippen molar-refractivity contribution in [1.29, 1.82) is 0 Å². The zero-order chi connectivity index (χ0) is 35.1. The van der Waals surface area contributed by atoms with Gasteiger partial charge in [-0.05, 0) is 86.6 Å². The lowest BCUT2D eigenvalue weighted by Gasteiger charge is -2.28. The van der Waals surface area contributed by atoms with Crippen molar-refractivity contribution in [2.75, 3.05) is 0 Å². The van der Waals surface area contributed by atoms with Crippen molar-refractivity contribution in [3.63, 3.8) is 0 Å². The number of hydrogen-bond acceptors (Lipinski definition) is 4. The summed E-state index contributed by atoms with van der Waals surface area (Å²) in [5.74, 6) is 1.86. The lowest BCUT2D eigenvalue weighted by atomic mass is 9.74. The molecule has 0 N–H and O–H groups in total. The molecule has 0 spiro atoms. The molecule has 2 aromatic heterocycles. The summed E-state index contributed by atoms with van der Waals surface area (Å²) >= 11 is 0. The molecule has 2 heterocycles. The Morgan fingerprint density at radius 1 is 0.396 bits per heavy atom. The molecule has 248 valence electrons. The molecule has 11 rings (SSSR count). The maximum Gasteiger partial charge on any atom is 0.164 e. The molecule has 1 unspecified atom stereocenters. The molecule has 1 aliphatic rings. The fourth-order valence-corrected chi connectivity index (χ4v) is 8.56. The van der Waals surface area contributed by atoms with Gasteiger partial charge in [-0.25, -0.2) is 15.0 Å². The summed E-state index contributed by atoms with van der Waals surface area (Å²) in [6, 6.07) is 59.8. The van der Waals surface area contributed by atoms with E-state index < -0.39 is 0 Å². The van der Waals surface area contributed by atoms with E-state index in [1.54, 1.807) is 0 Å². The van der Waals surface area contributed by atoms with Gasteiger partial charge in [-0.15, -0.1) is 0 Å². The second-order valence-corrected chi connectivity index (χ2v) is 14.1. The molecule has 1 aliphatic carbocycles. The number of hydrogen-bond donors (Lipinski definition) is 0. The van der Waals surface area contributed by atoms with Gasteiger partial charge in [-0.2, -0.15) is 0 Å². The first-order valence-corrected chi connectivity index (χ1v) is 18.0. The minimum absolute atomic E-state index is 0.285. The first kappa shape index (κ1) is 29.8. The van der Waals surface area contributed by atoms with Crippen LogP contribution in [0, 0.1) is 0 Å². The van der Waals surface area contributed by atoms with Gasteiger partial charge in [0.25, 0.3) is 0 Å². The summed E-state index contributed by atoms with van der Waals surface area (Å²) in [7, 11) is 0. The Hall–Kier alpha value is -6.91. The van der Waals surface area contributed by atoms with Crippen LogP contribution in [-0.2, 0) is 5.41 Å². The maximum atomic E-state index is 6.69. The molecule has 0 aliphatic heterocycles. The number of aromatic nitrogens is 3. The Labute approximate surface area is 306 Å². The van der Waals surface area contributed by atoms with Gasteiger partial charge in [-0.3, -0.25) is 0 Å². The highest BCUT2D eigenvalue weighted by Crippen LogP contribution is 2.54. The van der Waals surface area contributed by atoms with E-state index in [4.69, 9.17) is 19.4 Å². The molecule has 0 amide bonds. The van der Waals surface area contributed by atoms with Crippen molar-refractivity contribution in [1.82, 2.24) is 15.0 Å². The molecule has 4 heteroatoms. The predicted molar refractivity (Wildman–Crippen MR) is 216 cm³/mol. The molecule has 0 bridgehead atoms. The summed E-state index contributed by atoms with van der Waals surface area (Å²) < 4.78 is 6.69. The Bertz CT molecular complexity index is 3080. The second kappa shape index (κ2) is 11.3. The highest BCUT2D eigenvalue weighted by Gasteiger charge is 2.41. The minimum Gasteiger partial charge on any atom is -0.456 e. The Morgan fingerprint density at radius 3 is 1.87 bits per heavy atom. The summed E-state index contributed by atoms with van der Waals surface area (Å²) in [6.45, 7) is 2.35. The number of rotatable bonds is 4. The third-order valence-corrected chi connectivity index (χ3v) is 11.2. The van der Waals surface area contributed by atoms with Crippen molar-refractivity contribution in [2.24, 2.45) is 0 Å². The fourth-order valence-electron chi connectivity index (χ4n) is 8.56. The third kappa shape index (κ3) is 4.45. The van der Waals surface area contributed by atoms with Gasteiger partial charge in [0, 0.05) is 32.9 Å². The molecule has 53 heavy (non-hydrogen) atoms. The van der Waals surface area contributed by atoms with Gasteiger partial charge < -0.3 is 4.42 Å². The molecule has 10 aromatic rings. The molecule has 1 atom stereocenters. The normalized spacial score (nSPS) is 15.0. The van der Waals surface area contributed by atoms with Gasteiger partial charge in [0.2, 0.25) is 0 Å². The zero-order valence-electron chi connectivity index (χ0n) is 28.9. The highest BCUT2D eigenvalue weighted by atomic mass is 16.3. The van der Waals surface area contributed by atoms with Crippen LogP contribution in [0.2, 0.25) is 0 Å². The molecule has 0 radical (unpaired) electrons. The van der Waals surface area contributed by atoms with E-state index in [0.29, 0.717) is 17.5 Å². The van der Waals surface area contributed by atoms with E-state index in [1.165, 1.54) is 38.6 Å². The van der Waals surface area contributed by atoms with E-state index in [-0.39, 0.29) is 5.41 Å². The zero-order valence-corrected chi connectivity index (χ0v) is 28.9. The predicted octanol–water partition coefficient (Wildman–Crippen LogP) is 12.4. The third-order valence-electron chi connectivity index (χ3n) is 11.2. The van der Waals surface area contributed by atoms with Crippen molar-refractivity contribution < 1.29 is 4.42 Å². The van der Waals surface area contributed by atoms with Crippen molar-refractivity contribution in [3.8, 4) is 45.3 Å². The largest absolute Gasteiger partial charge is 0.456 e. The standard InChI is InChI=1S/C49H31N3O/c1-49(33-17-6-3-7-18-33)42-23-13-12-22-37(42)39-29-45-40(28-43(39)49)38-25-24-32(27-44(38)53-45)47-50-46(30-14-4-2-5-15-30)51-48(52-47)41-26-31-16-8-9-19-34(31)35-20-10-11-21-36(35)41/h2-29H,1H3. The van der Waals surface area contributed by atoms with Crippen LogP contribution < -0.4 is 0 Å². The summed E-state index contributed by atoms with van der Waals surface area (Å²) in [6.07, 6.45) is 0. The van der Waals surface area contributed by atoms with E-state index >= 15 is 0 Å². The first-order valence-electron chi connectivity index (χ1n) is 18.0. The monoisotopic (exact) mass is 677 g/mol. The van der Waals surface area contributed by atoms with E-state index in [9.17, 15) is 0 Å². The Kier molecular flexibility index (Phi) is 6.35. The van der Waals surface area contributed by atoms with Gasteiger partial charge in [0.15, 0.2) is 17.5 Å². The van der Waals surface area contributed by atoms with E-state index in [1.807, 2.05) is 30.3 Å². The van der Waals surface area contributed by atoms with Crippen LogP contribution >= 0.6 is 0 Å². The highest BCUT2D eigenvalue weighted by molar-refractivity contribution is 6.13. The quantitative estimate of drug-likeness (QED) is 0.174. The van der Waals surface area contributed by atoms with Crippen LogP contribution in [0.4, 0.5) is 0 Å². The molecule has 8 aromatic carbocycles. The van der Waals surface area contributed by atoms with Crippen LogP contribution in [0.1, 0.15) is 23.6 Å². The van der Waals surface area contributed by atoms with Gasteiger partial charge in [0.1, 0.15) is 11.2 Å². The number of nitrogens with zero attached hydrogens (tertiary/aromatic N) is 3. The van der Waals surface area contributed by atoms with Crippen molar-refractivity contribution in [2.45, 2.75) is 12.3 Å². The van der Waals surface area contributed by atoms with E-state index in [2.05, 4.69) is 146 Å².